The molecule has 0 heterocycles. The van der Waals surface area contributed by atoms with Gasteiger partial charge < -0.3 is 14.2 Å². The van der Waals surface area contributed by atoms with Gasteiger partial charge in [-0.05, 0) is 44.9 Å². The Labute approximate surface area is 449 Å². The van der Waals surface area contributed by atoms with Crippen LogP contribution in [-0.4, -0.2) is 37.2 Å². The van der Waals surface area contributed by atoms with Crippen LogP contribution in [0.3, 0.4) is 0 Å². The zero-order valence-electron chi connectivity index (χ0n) is 48.7. The lowest BCUT2D eigenvalue weighted by Gasteiger charge is -2.18. The average Bonchev–Trinajstić information content (AvgIpc) is 3.38. The standard InChI is InChI=1S/C66H124O6/c1-4-7-10-13-16-19-22-25-26-27-28-29-30-31-32-33-34-35-36-37-38-39-40-42-44-47-50-53-56-59-65(68)71-62-63(61-70-64(67)58-55-52-49-46-43-24-21-18-15-12-9-6-3)72-66(69)60-57-54-51-48-45-41-23-20-17-14-11-8-5-2/h11,14,20,23,63H,4-10,12-13,15-19,21-22,24-62H2,1-3H3/b14-11-,23-20-. The van der Waals surface area contributed by atoms with E-state index < -0.39 is 6.10 Å². The van der Waals surface area contributed by atoms with E-state index in [2.05, 4.69) is 45.1 Å². The normalized spacial score (nSPS) is 12.1. The number of esters is 3. The van der Waals surface area contributed by atoms with Crippen molar-refractivity contribution in [2.75, 3.05) is 13.2 Å². The summed E-state index contributed by atoms with van der Waals surface area (Å²) in [6.45, 7) is 6.62. The van der Waals surface area contributed by atoms with Crippen molar-refractivity contribution in [1.29, 1.82) is 0 Å². The van der Waals surface area contributed by atoms with E-state index in [4.69, 9.17) is 14.2 Å². The van der Waals surface area contributed by atoms with Gasteiger partial charge >= 0.3 is 17.9 Å². The molecule has 6 heteroatoms. The maximum Gasteiger partial charge on any atom is 0.306 e. The van der Waals surface area contributed by atoms with Gasteiger partial charge in [-0.3, -0.25) is 14.4 Å². The van der Waals surface area contributed by atoms with Crippen LogP contribution in [0.15, 0.2) is 24.3 Å². The Kier molecular flexibility index (Phi) is 59.6. The van der Waals surface area contributed by atoms with Crippen LogP contribution in [0, 0.1) is 0 Å². The molecule has 0 spiro atoms. The van der Waals surface area contributed by atoms with Crippen molar-refractivity contribution in [1.82, 2.24) is 0 Å². The van der Waals surface area contributed by atoms with E-state index >= 15 is 0 Å². The molecule has 0 N–H and O–H groups in total. The SMILES string of the molecule is CCC/C=C\C/C=C\CCCCCCCC(=O)OC(COC(=O)CCCCCCCCCCCCCC)COC(=O)CCCCCCCCCCCCCCCCCCCCCCCCCCCCCCC. The highest BCUT2D eigenvalue weighted by atomic mass is 16.6. The Bertz CT molecular complexity index is 1160. The van der Waals surface area contributed by atoms with Crippen molar-refractivity contribution < 1.29 is 28.6 Å². The number of carbonyl (C=O) groups excluding carboxylic acids is 3. The fourth-order valence-corrected chi connectivity index (χ4v) is 9.84. The van der Waals surface area contributed by atoms with E-state index in [1.165, 1.54) is 231 Å². The molecule has 1 atom stereocenters. The van der Waals surface area contributed by atoms with Gasteiger partial charge in [-0.25, -0.2) is 0 Å². The highest BCUT2D eigenvalue weighted by Crippen LogP contribution is 2.18. The summed E-state index contributed by atoms with van der Waals surface area (Å²) in [4.78, 5) is 38.2. The maximum atomic E-state index is 12.8. The van der Waals surface area contributed by atoms with Crippen LogP contribution in [-0.2, 0) is 28.6 Å². The molecule has 72 heavy (non-hydrogen) atoms. The Morgan fingerprint density at radius 3 is 0.819 bits per heavy atom. The summed E-state index contributed by atoms with van der Waals surface area (Å²) < 4.78 is 16.9. The van der Waals surface area contributed by atoms with E-state index in [1.54, 1.807) is 0 Å². The van der Waals surface area contributed by atoms with Crippen LogP contribution in [0.1, 0.15) is 361 Å². The average molecular weight is 1010 g/mol. The molecule has 0 aromatic carbocycles. The first-order valence-corrected chi connectivity index (χ1v) is 32.3. The predicted molar refractivity (Wildman–Crippen MR) is 312 cm³/mol. The summed E-state index contributed by atoms with van der Waals surface area (Å²) in [7, 11) is 0. The minimum Gasteiger partial charge on any atom is -0.462 e. The molecule has 0 fully saturated rings. The second-order valence-corrected chi connectivity index (χ2v) is 22.0. The molecule has 0 bridgehead atoms. The molecule has 6 nitrogen and oxygen atoms in total. The van der Waals surface area contributed by atoms with Gasteiger partial charge in [0.25, 0.3) is 0 Å². The topological polar surface area (TPSA) is 78.9 Å². The third kappa shape index (κ3) is 58.8. The summed E-state index contributed by atoms with van der Waals surface area (Å²) in [5.74, 6) is -0.863. The lowest BCUT2D eigenvalue weighted by molar-refractivity contribution is -0.167. The molecule has 424 valence electrons. The van der Waals surface area contributed by atoms with E-state index in [0.29, 0.717) is 19.3 Å². The molecular weight excluding hydrogens is 889 g/mol. The smallest absolute Gasteiger partial charge is 0.306 e. The Balaban J connectivity index is 4.09. The quantitative estimate of drug-likeness (QED) is 0.0261. The van der Waals surface area contributed by atoms with Gasteiger partial charge in [-0.1, -0.05) is 321 Å². The second-order valence-electron chi connectivity index (χ2n) is 22.0. The first-order valence-electron chi connectivity index (χ1n) is 32.3. The fourth-order valence-electron chi connectivity index (χ4n) is 9.84. The molecule has 0 saturated heterocycles. The van der Waals surface area contributed by atoms with Crippen molar-refractivity contribution in [3.8, 4) is 0 Å². The number of carbonyl (C=O) groups is 3. The van der Waals surface area contributed by atoms with Gasteiger partial charge in [0.15, 0.2) is 6.10 Å². The monoisotopic (exact) mass is 1010 g/mol. The summed E-state index contributed by atoms with van der Waals surface area (Å²) in [6.07, 6.45) is 73.5. The number of ether oxygens (including phenoxy) is 3. The third-order valence-corrected chi connectivity index (χ3v) is 14.7. The van der Waals surface area contributed by atoms with Crippen molar-refractivity contribution in [3.63, 3.8) is 0 Å². The van der Waals surface area contributed by atoms with Crippen LogP contribution in [0.5, 0.6) is 0 Å². The first-order chi connectivity index (χ1) is 35.5. The summed E-state index contributed by atoms with van der Waals surface area (Å²) >= 11 is 0. The van der Waals surface area contributed by atoms with Gasteiger partial charge in [0, 0.05) is 19.3 Å². The van der Waals surface area contributed by atoms with Gasteiger partial charge in [0.1, 0.15) is 13.2 Å². The van der Waals surface area contributed by atoms with Crippen molar-refractivity contribution >= 4 is 17.9 Å². The predicted octanol–water partition coefficient (Wildman–Crippen LogP) is 21.8. The molecule has 0 aromatic heterocycles. The van der Waals surface area contributed by atoms with Crippen LogP contribution < -0.4 is 0 Å². The number of unbranched alkanes of at least 4 members (excludes halogenated alkanes) is 45. The third-order valence-electron chi connectivity index (χ3n) is 14.7. The number of hydrogen-bond acceptors (Lipinski definition) is 6. The highest BCUT2D eigenvalue weighted by molar-refractivity contribution is 5.71. The molecule has 0 aliphatic rings. The molecule has 1 unspecified atom stereocenters. The minimum absolute atomic E-state index is 0.0715. The molecule has 0 amide bonds. The van der Waals surface area contributed by atoms with E-state index in [1.807, 2.05) is 0 Å². The minimum atomic E-state index is -0.774. The van der Waals surface area contributed by atoms with Gasteiger partial charge in [0.2, 0.25) is 0 Å². The molecule has 0 aliphatic carbocycles. The molecule has 0 rings (SSSR count). The van der Waals surface area contributed by atoms with E-state index in [0.717, 1.165) is 89.9 Å². The first kappa shape index (κ1) is 69.9. The van der Waals surface area contributed by atoms with Crippen LogP contribution in [0.25, 0.3) is 0 Å². The Hall–Kier alpha value is -2.11. The number of rotatable bonds is 60. The van der Waals surface area contributed by atoms with Gasteiger partial charge in [0.05, 0.1) is 0 Å². The summed E-state index contributed by atoms with van der Waals surface area (Å²) in [5, 5.41) is 0. The van der Waals surface area contributed by atoms with E-state index in [9.17, 15) is 14.4 Å². The van der Waals surface area contributed by atoms with Gasteiger partial charge in [-0.15, -0.1) is 0 Å². The zero-order chi connectivity index (χ0) is 52.2. The van der Waals surface area contributed by atoms with Crippen LogP contribution in [0.2, 0.25) is 0 Å². The van der Waals surface area contributed by atoms with Gasteiger partial charge in [-0.2, -0.15) is 0 Å². The van der Waals surface area contributed by atoms with E-state index in [-0.39, 0.29) is 31.1 Å². The van der Waals surface area contributed by atoms with Crippen LogP contribution in [0.4, 0.5) is 0 Å². The second kappa shape index (κ2) is 61.4. The molecule has 0 radical (unpaired) electrons. The fraction of sp³-hybridized carbons (Fsp3) is 0.894. The highest BCUT2D eigenvalue weighted by Gasteiger charge is 2.19. The Morgan fingerprint density at radius 2 is 0.528 bits per heavy atom. The lowest BCUT2D eigenvalue weighted by atomic mass is 10.0. The molecule has 0 aromatic rings. The lowest BCUT2D eigenvalue weighted by Crippen LogP contribution is -2.30. The van der Waals surface area contributed by atoms with Crippen molar-refractivity contribution in [2.45, 2.75) is 367 Å². The molecule has 0 saturated carbocycles. The zero-order valence-corrected chi connectivity index (χ0v) is 48.7. The molecular formula is C66H124O6. The Morgan fingerprint density at radius 1 is 0.278 bits per heavy atom. The summed E-state index contributed by atoms with van der Waals surface area (Å²) in [5.41, 5.74) is 0. The largest absolute Gasteiger partial charge is 0.462 e. The molecule has 0 aliphatic heterocycles. The van der Waals surface area contributed by atoms with Crippen molar-refractivity contribution in [2.24, 2.45) is 0 Å². The summed E-state index contributed by atoms with van der Waals surface area (Å²) in [6, 6.07) is 0. The maximum absolute atomic E-state index is 12.8. The van der Waals surface area contributed by atoms with Crippen LogP contribution >= 0.6 is 0 Å². The van der Waals surface area contributed by atoms with Crippen molar-refractivity contribution in [3.05, 3.63) is 24.3 Å². The number of allylic oxidation sites excluding steroid dienone is 4. The number of hydrogen-bond donors (Lipinski definition) is 0.